The van der Waals surface area contributed by atoms with Gasteiger partial charge in [0.1, 0.15) is 5.75 Å². The van der Waals surface area contributed by atoms with E-state index in [1.807, 2.05) is 42.5 Å². The van der Waals surface area contributed by atoms with Gasteiger partial charge in [-0.15, -0.1) is 0 Å². The topological polar surface area (TPSA) is 46.2 Å². The van der Waals surface area contributed by atoms with Gasteiger partial charge in [0.25, 0.3) is 0 Å². The van der Waals surface area contributed by atoms with Gasteiger partial charge in [-0.3, -0.25) is 0 Å². The van der Waals surface area contributed by atoms with E-state index in [-0.39, 0.29) is 5.75 Å². The summed E-state index contributed by atoms with van der Waals surface area (Å²) in [6, 6.07) is 15.5. The summed E-state index contributed by atoms with van der Waals surface area (Å²) in [5.41, 5.74) is 8.52. The SMILES string of the molecule is NCc1cc(-c2ccccc2)ccc1O. The van der Waals surface area contributed by atoms with Crippen molar-refractivity contribution < 1.29 is 5.11 Å². The smallest absolute Gasteiger partial charge is 0.120 e. The predicted octanol–water partition coefficient (Wildman–Crippen LogP) is 2.52. The van der Waals surface area contributed by atoms with E-state index in [1.54, 1.807) is 6.07 Å². The lowest BCUT2D eigenvalue weighted by atomic mass is 10.0. The summed E-state index contributed by atoms with van der Waals surface area (Å²) >= 11 is 0. The van der Waals surface area contributed by atoms with Gasteiger partial charge in [-0.25, -0.2) is 0 Å². The maximum Gasteiger partial charge on any atom is 0.120 e. The summed E-state index contributed by atoms with van der Waals surface area (Å²) in [5, 5.41) is 9.50. The molecule has 0 aromatic heterocycles. The van der Waals surface area contributed by atoms with Crippen LogP contribution in [0.25, 0.3) is 11.1 Å². The highest BCUT2D eigenvalue weighted by Gasteiger charge is 2.02. The Balaban J connectivity index is 2.46. The number of aromatic hydroxyl groups is 1. The van der Waals surface area contributed by atoms with Crippen LogP contribution in [0, 0.1) is 0 Å². The van der Waals surface area contributed by atoms with Crippen LogP contribution in [0.1, 0.15) is 5.56 Å². The van der Waals surface area contributed by atoms with Crippen molar-refractivity contribution >= 4 is 0 Å². The van der Waals surface area contributed by atoms with E-state index in [1.165, 1.54) is 0 Å². The zero-order valence-corrected chi connectivity index (χ0v) is 8.35. The normalized spacial score (nSPS) is 10.2. The molecule has 0 aliphatic heterocycles. The molecular weight excluding hydrogens is 186 g/mol. The number of nitrogens with two attached hydrogens (primary N) is 1. The zero-order valence-electron chi connectivity index (χ0n) is 8.35. The van der Waals surface area contributed by atoms with Gasteiger partial charge in [-0.1, -0.05) is 36.4 Å². The maximum atomic E-state index is 9.50. The molecule has 0 amide bonds. The second kappa shape index (κ2) is 4.15. The standard InChI is InChI=1S/C13H13NO/c14-9-12-8-11(6-7-13(12)15)10-4-2-1-3-5-10/h1-8,15H,9,14H2. The van der Waals surface area contributed by atoms with Crippen LogP contribution in [0.2, 0.25) is 0 Å². The molecule has 0 bridgehead atoms. The Kier molecular flexibility index (Phi) is 2.70. The average Bonchev–Trinajstić information content (AvgIpc) is 2.31. The molecule has 2 aromatic carbocycles. The van der Waals surface area contributed by atoms with Crippen molar-refractivity contribution in [3.05, 3.63) is 54.1 Å². The van der Waals surface area contributed by atoms with Crippen molar-refractivity contribution in [2.45, 2.75) is 6.54 Å². The third-order valence-electron chi connectivity index (χ3n) is 2.41. The van der Waals surface area contributed by atoms with Crippen LogP contribution in [0.15, 0.2) is 48.5 Å². The summed E-state index contributed by atoms with van der Waals surface area (Å²) < 4.78 is 0. The lowest BCUT2D eigenvalue weighted by molar-refractivity contribution is 0.468. The molecule has 0 spiro atoms. The van der Waals surface area contributed by atoms with Gasteiger partial charge in [0.05, 0.1) is 0 Å². The highest BCUT2D eigenvalue weighted by atomic mass is 16.3. The molecular formula is C13H13NO. The fraction of sp³-hybridized carbons (Fsp3) is 0.0769. The van der Waals surface area contributed by atoms with Crippen LogP contribution in [-0.2, 0) is 6.54 Å². The number of phenols is 1. The Morgan fingerprint density at radius 1 is 0.933 bits per heavy atom. The van der Waals surface area contributed by atoms with E-state index in [0.29, 0.717) is 6.54 Å². The van der Waals surface area contributed by atoms with E-state index in [0.717, 1.165) is 16.7 Å². The second-order valence-corrected chi connectivity index (χ2v) is 3.41. The van der Waals surface area contributed by atoms with Crippen molar-refractivity contribution in [1.29, 1.82) is 0 Å². The summed E-state index contributed by atoms with van der Waals surface area (Å²) in [5.74, 6) is 0.261. The Morgan fingerprint density at radius 2 is 1.67 bits per heavy atom. The number of benzene rings is 2. The van der Waals surface area contributed by atoms with Gasteiger partial charge >= 0.3 is 0 Å². The minimum atomic E-state index is 0.261. The van der Waals surface area contributed by atoms with Crippen LogP contribution in [0.3, 0.4) is 0 Å². The van der Waals surface area contributed by atoms with Crippen molar-refractivity contribution in [2.75, 3.05) is 0 Å². The van der Waals surface area contributed by atoms with Crippen LogP contribution >= 0.6 is 0 Å². The Labute approximate surface area is 89.0 Å². The van der Waals surface area contributed by atoms with E-state index >= 15 is 0 Å². The second-order valence-electron chi connectivity index (χ2n) is 3.41. The van der Waals surface area contributed by atoms with Gasteiger partial charge in [-0.05, 0) is 23.3 Å². The summed E-state index contributed by atoms with van der Waals surface area (Å²) in [6.07, 6.45) is 0. The quantitative estimate of drug-likeness (QED) is 0.780. The van der Waals surface area contributed by atoms with Gasteiger partial charge in [0.15, 0.2) is 0 Å². The zero-order chi connectivity index (χ0) is 10.7. The number of rotatable bonds is 2. The average molecular weight is 199 g/mol. The van der Waals surface area contributed by atoms with Gasteiger partial charge in [0.2, 0.25) is 0 Å². The summed E-state index contributed by atoms with van der Waals surface area (Å²) in [4.78, 5) is 0. The van der Waals surface area contributed by atoms with Crippen molar-refractivity contribution in [3.63, 3.8) is 0 Å². The Morgan fingerprint density at radius 3 is 2.33 bits per heavy atom. The number of hydrogen-bond donors (Lipinski definition) is 2. The van der Waals surface area contributed by atoms with Crippen molar-refractivity contribution in [2.24, 2.45) is 5.73 Å². The van der Waals surface area contributed by atoms with Crippen molar-refractivity contribution in [3.8, 4) is 16.9 Å². The molecule has 0 radical (unpaired) electrons. The molecule has 0 atom stereocenters. The molecule has 0 aliphatic rings. The molecule has 2 nitrogen and oxygen atoms in total. The van der Waals surface area contributed by atoms with E-state index < -0.39 is 0 Å². The lowest BCUT2D eigenvalue weighted by Crippen LogP contribution is -1.96. The molecule has 2 rings (SSSR count). The third-order valence-corrected chi connectivity index (χ3v) is 2.41. The monoisotopic (exact) mass is 199 g/mol. The molecule has 76 valence electrons. The molecule has 0 fully saturated rings. The molecule has 3 N–H and O–H groups in total. The fourth-order valence-electron chi connectivity index (χ4n) is 1.56. The minimum absolute atomic E-state index is 0.261. The highest BCUT2D eigenvalue weighted by Crippen LogP contribution is 2.25. The summed E-state index contributed by atoms with van der Waals surface area (Å²) in [6.45, 7) is 0.354. The molecule has 0 unspecified atom stereocenters. The first-order chi connectivity index (χ1) is 7.31. The van der Waals surface area contributed by atoms with E-state index in [2.05, 4.69) is 0 Å². The van der Waals surface area contributed by atoms with E-state index in [9.17, 15) is 5.11 Å². The first kappa shape index (κ1) is 9.74. The molecule has 15 heavy (non-hydrogen) atoms. The molecule has 2 aromatic rings. The Hall–Kier alpha value is -1.80. The predicted molar refractivity (Wildman–Crippen MR) is 61.4 cm³/mol. The summed E-state index contributed by atoms with van der Waals surface area (Å²) in [7, 11) is 0. The van der Waals surface area contributed by atoms with Crippen LogP contribution in [0.5, 0.6) is 5.75 Å². The first-order valence-corrected chi connectivity index (χ1v) is 4.88. The molecule has 2 heteroatoms. The molecule has 0 heterocycles. The number of hydrogen-bond acceptors (Lipinski definition) is 2. The van der Waals surface area contributed by atoms with Gasteiger partial charge in [0, 0.05) is 12.1 Å². The van der Waals surface area contributed by atoms with Crippen LogP contribution in [0.4, 0.5) is 0 Å². The van der Waals surface area contributed by atoms with E-state index in [4.69, 9.17) is 5.73 Å². The minimum Gasteiger partial charge on any atom is -0.508 e. The molecule has 0 saturated carbocycles. The first-order valence-electron chi connectivity index (χ1n) is 4.88. The molecule has 0 aliphatic carbocycles. The molecule has 0 saturated heterocycles. The van der Waals surface area contributed by atoms with Gasteiger partial charge in [-0.2, -0.15) is 0 Å². The van der Waals surface area contributed by atoms with Crippen LogP contribution in [-0.4, -0.2) is 5.11 Å². The Bertz CT molecular complexity index is 451. The largest absolute Gasteiger partial charge is 0.508 e. The maximum absolute atomic E-state index is 9.50. The highest BCUT2D eigenvalue weighted by molar-refractivity contribution is 5.65. The number of phenolic OH excluding ortho intramolecular Hbond substituents is 1. The van der Waals surface area contributed by atoms with Gasteiger partial charge < -0.3 is 10.8 Å². The van der Waals surface area contributed by atoms with Crippen molar-refractivity contribution in [1.82, 2.24) is 0 Å². The fourth-order valence-corrected chi connectivity index (χ4v) is 1.56. The third kappa shape index (κ3) is 2.00. The van der Waals surface area contributed by atoms with Crippen LogP contribution < -0.4 is 5.73 Å². The lowest BCUT2D eigenvalue weighted by Gasteiger charge is -2.05.